The highest BCUT2D eigenvalue weighted by Gasteiger charge is 2.27. The van der Waals surface area contributed by atoms with Gasteiger partial charge in [0.05, 0.1) is 5.56 Å². The number of nitrogens with zero attached hydrogens (tertiary/aromatic N) is 2. The molecule has 0 radical (unpaired) electrons. The average molecular weight is 340 g/mol. The number of carbonyl (C=O) groups excluding carboxylic acids is 2. The molecule has 2 heterocycles. The summed E-state index contributed by atoms with van der Waals surface area (Å²) in [4.78, 5) is 30.9. The van der Waals surface area contributed by atoms with Crippen LogP contribution in [0.5, 0.6) is 0 Å². The maximum absolute atomic E-state index is 12.6. The zero-order chi connectivity index (χ0) is 17.8. The minimum absolute atomic E-state index is 0.0834. The van der Waals surface area contributed by atoms with Crippen molar-refractivity contribution < 1.29 is 9.59 Å². The van der Waals surface area contributed by atoms with E-state index in [4.69, 9.17) is 5.73 Å². The van der Waals surface area contributed by atoms with Gasteiger partial charge in [-0.05, 0) is 18.1 Å². The lowest BCUT2D eigenvalue weighted by atomic mass is 10.0. The number of hydrogen-bond donors (Lipinski definition) is 2. The number of piperazine rings is 1. The predicted octanol–water partition coefficient (Wildman–Crippen LogP) is 2.02. The molecule has 0 aliphatic carbocycles. The van der Waals surface area contributed by atoms with Gasteiger partial charge in [-0.3, -0.25) is 14.5 Å². The normalized spacial score (nSPS) is 16.6. The van der Waals surface area contributed by atoms with Gasteiger partial charge >= 0.3 is 0 Å². The molecule has 1 fully saturated rings. The van der Waals surface area contributed by atoms with Crippen molar-refractivity contribution in [3.8, 4) is 0 Å². The minimum Gasteiger partial charge on any atom is -0.366 e. The van der Waals surface area contributed by atoms with Crippen molar-refractivity contribution in [2.24, 2.45) is 5.73 Å². The lowest BCUT2D eigenvalue weighted by molar-refractivity contribution is 0.0558. The van der Waals surface area contributed by atoms with Gasteiger partial charge in [0.25, 0.3) is 5.91 Å². The molecule has 1 aliphatic heterocycles. The van der Waals surface area contributed by atoms with Gasteiger partial charge in [-0.15, -0.1) is 0 Å². The van der Waals surface area contributed by atoms with Gasteiger partial charge < -0.3 is 15.6 Å². The summed E-state index contributed by atoms with van der Waals surface area (Å²) in [6.45, 7) is 5.21. The quantitative estimate of drug-likeness (QED) is 0.873. The Morgan fingerprint density at radius 3 is 2.40 bits per heavy atom. The van der Waals surface area contributed by atoms with Gasteiger partial charge in [0.2, 0.25) is 5.91 Å². The van der Waals surface area contributed by atoms with Crippen LogP contribution in [0.2, 0.25) is 0 Å². The average Bonchev–Trinajstić information content (AvgIpc) is 3.14. The van der Waals surface area contributed by atoms with E-state index in [9.17, 15) is 9.59 Å². The largest absolute Gasteiger partial charge is 0.366 e. The molecule has 1 atom stereocenters. The molecule has 0 saturated carbocycles. The SMILES string of the molecule is CC[C@@H](c1ccccc1)N1CCN(C(=O)c2cc(C(N)=O)c[nH]2)CC1. The van der Waals surface area contributed by atoms with Gasteiger partial charge in [-0.1, -0.05) is 37.3 Å². The Morgan fingerprint density at radius 2 is 1.84 bits per heavy atom. The number of aromatic amines is 1. The molecule has 3 N–H and O–H groups in total. The van der Waals surface area contributed by atoms with Crippen LogP contribution < -0.4 is 5.73 Å². The van der Waals surface area contributed by atoms with Crippen LogP contribution in [0.15, 0.2) is 42.6 Å². The second-order valence-electron chi connectivity index (χ2n) is 6.33. The summed E-state index contributed by atoms with van der Waals surface area (Å²) in [5, 5.41) is 0. The smallest absolute Gasteiger partial charge is 0.270 e. The maximum Gasteiger partial charge on any atom is 0.270 e. The summed E-state index contributed by atoms with van der Waals surface area (Å²) < 4.78 is 0. The van der Waals surface area contributed by atoms with E-state index in [2.05, 4.69) is 41.1 Å². The number of rotatable bonds is 5. The number of H-pyrrole nitrogens is 1. The van der Waals surface area contributed by atoms with E-state index in [-0.39, 0.29) is 5.91 Å². The fourth-order valence-corrected chi connectivity index (χ4v) is 3.45. The molecule has 132 valence electrons. The van der Waals surface area contributed by atoms with Crippen molar-refractivity contribution in [1.29, 1.82) is 0 Å². The molecule has 1 aromatic heterocycles. The maximum atomic E-state index is 12.6. The Kier molecular flexibility index (Phi) is 5.19. The van der Waals surface area contributed by atoms with E-state index in [0.717, 1.165) is 19.5 Å². The van der Waals surface area contributed by atoms with Crippen LogP contribution in [-0.2, 0) is 0 Å². The summed E-state index contributed by atoms with van der Waals surface area (Å²) in [7, 11) is 0. The Bertz CT molecular complexity index is 733. The van der Waals surface area contributed by atoms with E-state index in [1.165, 1.54) is 17.8 Å². The Labute approximate surface area is 147 Å². The zero-order valence-corrected chi connectivity index (χ0v) is 14.4. The van der Waals surface area contributed by atoms with Gasteiger partial charge in [0.15, 0.2) is 0 Å². The molecule has 3 rings (SSSR count). The van der Waals surface area contributed by atoms with E-state index in [0.29, 0.717) is 30.4 Å². The summed E-state index contributed by atoms with van der Waals surface area (Å²) in [6.07, 6.45) is 2.52. The van der Waals surface area contributed by atoms with Crippen molar-refractivity contribution in [3.63, 3.8) is 0 Å². The number of nitrogens with two attached hydrogens (primary N) is 1. The number of primary amides is 1. The topological polar surface area (TPSA) is 82.4 Å². The van der Waals surface area contributed by atoms with Crippen LogP contribution in [0, 0.1) is 0 Å². The zero-order valence-electron chi connectivity index (χ0n) is 14.4. The van der Waals surface area contributed by atoms with Gasteiger partial charge in [-0.2, -0.15) is 0 Å². The highest BCUT2D eigenvalue weighted by Crippen LogP contribution is 2.25. The molecule has 1 aromatic carbocycles. The van der Waals surface area contributed by atoms with E-state index in [1.54, 1.807) is 0 Å². The minimum atomic E-state index is -0.534. The second-order valence-corrected chi connectivity index (χ2v) is 6.33. The lowest BCUT2D eigenvalue weighted by Crippen LogP contribution is -2.49. The molecule has 2 amide bonds. The first kappa shape index (κ1) is 17.2. The van der Waals surface area contributed by atoms with Crippen molar-refractivity contribution in [1.82, 2.24) is 14.8 Å². The van der Waals surface area contributed by atoms with Crippen molar-refractivity contribution in [2.45, 2.75) is 19.4 Å². The van der Waals surface area contributed by atoms with Gasteiger partial charge in [-0.25, -0.2) is 0 Å². The Hall–Kier alpha value is -2.60. The van der Waals surface area contributed by atoms with E-state index in [1.807, 2.05) is 11.0 Å². The lowest BCUT2D eigenvalue weighted by Gasteiger charge is -2.39. The predicted molar refractivity (Wildman–Crippen MR) is 96.3 cm³/mol. The highest BCUT2D eigenvalue weighted by molar-refractivity contribution is 5.98. The molecular formula is C19H24N4O2. The molecule has 0 bridgehead atoms. The summed E-state index contributed by atoms with van der Waals surface area (Å²) >= 11 is 0. The van der Waals surface area contributed by atoms with E-state index < -0.39 is 5.91 Å². The molecule has 6 nitrogen and oxygen atoms in total. The van der Waals surface area contributed by atoms with Crippen LogP contribution in [0.4, 0.5) is 0 Å². The molecular weight excluding hydrogens is 316 g/mol. The molecule has 25 heavy (non-hydrogen) atoms. The first-order valence-electron chi connectivity index (χ1n) is 8.66. The molecule has 1 saturated heterocycles. The number of aromatic nitrogens is 1. The number of amides is 2. The number of nitrogens with one attached hydrogen (secondary N) is 1. The molecule has 2 aromatic rings. The van der Waals surface area contributed by atoms with Crippen molar-refractivity contribution >= 4 is 11.8 Å². The number of benzene rings is 1. The second kappa shape index (κ2) is 7.53. The summed E-state index contributed by atoms with van der Waals surface area (Å²) in [5.41, 5.74) is 7.30. The third kappa shape index (κ3) is 3.74. The van der Waals surface area contributed by atoms with Crippen LogP contribution in [0.25, 0.3) is 0 Å². The number of carbonyl (C=O) groups is 2. The highest BCUT2D eigenvalue weighted by atomic mass is 16.2. The Balaban J connectivity index is 1.62. The van der Waals surface area contributed by atoms with Crippen LogP contribution in [-0.4, -0.2) is 52.8 Å². The van der Waals surface area contributed by atoms with Gasteiger partial charge in [0, 0.05) is 38.4 Å². The fourth-order valence-electron chi connectivity index (χ4n) is 3.45. The fraction of sp³-hybridized carbons (Fsp3) is 0.368. The summed E-state index contributed by atoms with van der Waals surface area (Å²) in [5.74, 6) is -0.617. The van der Waals surface area contributed by atoms with E-state index >= 15 is 0 Å². The third-order valence-corrected chi connectivity index (χ3v) is 4.81. The summed E-state index contributed by atoms with van der Waals surface area (Å²) in [6, 6.07) is 12.4. The first-order valence-corrected chi connectivity index (χ1v) is 8.66. The van der Waals surface area contributed by atoms with Crippen molar-refractivity contribution in [3.05, 3.63) is 59.4 Å². The third-order valence-electron chi connectivity index (χ3n) is 4.81. The molecule has 1 aliphatic rings. The van der Waals surface area contributed by atoms with Crippen LogP contribution >= 0.6 is 0 Å². The first-order chi connectivity index (χ1) is 12.1. The molecule has 0 spiro atoms. The monoisotopic (exact) mass is 340 g/mol. The Morgan fingerprint density at radius 1 is 1.16 bits per heavy atom. The number of hydrogen-bond acceptors (Lipinski definition) is 3. The van der Waals surface area contributed by atoms with Gasteiger partial charge in [0.1, 0.15) is 5.69 Å². The van der Waals surface area contributed by atoms with Crippen molar-refractivity contribution in [2.75, 3.05) is 26.2 Å². The molecule has 6 heteroatoms. The van der Waals surface area contributed by atoms with Crippen LogP contribution in [0.3, 0.4) is 0 Å². The standard InChI is InChI=1S/C19H24N4O2/c1-2-17(14-6-4-3-5-7-14)22-8-10-23(11-9-22)19(25)16-12-15(13-21-16)18(20)24/h3-7,12-13,17,21H,2,8-11H2,1H3,(H2,20,24)/t17-/m0/s1. The molecule has 0 unspecified atom stereocenters. The van der Waals surface area contributed by atoms with Crippen LogP contribution in [0.1, 0.15) is 45.8 Å².